The third kappa shape index (κ3) is 8.77. The highest BCUT2D eigenvalue weighted by atomic mass is 127. The number of hydrogen-bond donors (Lipinski definition) is 2. The maximum Gasteiger partial charge on any atom is 0.191 e. The predicted molar refractivity (Wildman–Crippen MR) is 121 cm³/mol. The molecule has 0 saturated carbocycles. The van der Waals surface area contributed by atoms with Gasteiger partial charge in [-0.1, -0.05) is 11.6 Å². The van der Waals surface area contributed by atoms with E-state index in [0.717, 1.165) is 24.2 Å². The predicted octanol–water partition coefficient (Wildman–Crippen LogP) is 3.62. The fourth-order valence-corrected chi connectivity index (χ4v) is 3.12. The zero-order valence-electron chi connectivity index (χ0n) is 16.0. The van der Waals surface area contributed by atoms with Crippen molar-refractivity contribution in [2.75, 3.05) is 40.3 Å². The first-order chi connectivity index (χ1) is 12.1. The van der Waals surface area contributed by atoms with E-state index in [4.69, 9.17) is 16.3 Å². The van der Waals surface area contributed by atoms with E-state index in [2.05, 4.69) is 27.6 Å². The first kappa shape index (κ1) is 23.3. The van der Waals surface area contributed by atoms with Crippen LogP contribution in [0.25, 0.3) is 0 Å². The number of piperidine rings is 1. The van der Waals surface area contributed by atoms with Crippen LogP contribution in [0.4, 0.5) is 0 Å². The molecular weight excluding hydrogens is 463 g/mol. The summed E-state index contributed by atoms with van der Waals surface area (Å²) in [6.45, 7) is 6.12. The summed E-state index contributed by atoms with van der Waals surface area (Å²) in [5.74, 6) is 2.48. The molecule has 1 aromatic carbocycles. The summed E-state index contributed by atoms with van der Waals surface area (Å²) in [5, 5.41) is 7.45. The van der Waals surface area contributed by atoms with Crippen LogP contribution in [-0.2, 0) is 0 Å². The highest BCUT2D eigenvalue weighted by Gasteiger charge is 2.16. The molecule has 0 aromatic heterocycles. The number of hydrogen-bond acceptors (Lipinski definition) is 3. The van der Waals surface area contributed by atoms with Crippen molar-refractivity contribution in [3.05, 3.63) is 29.3 Å². The highest BCUT2D eigenvalue weighted by Crippen LogP contribution is 2.18. The van der Waals surface area contributed by atoms with Gasteiger partial charge in [0, 0.05) is 18.6 Å². The molecule has 0 radical (unpaired) electrons. The average molecular weight is 495 g/mol. The van der Waals surface area contributed by atoms with Crippen LogP contribution < -0.4 is 15.4 Å². The highest BCUT2D eigenvalue weighted by molar-refractivity contribution is 14.0. The van der Waals surface area contributed by atoms with Crippen molar-refractivity contribution in [2.24, 2.45) is 10.9 Å². The number of nitrogens with zero attached hydrogens (tertiary/aromatic N) is 2. The molecule has 0 aliphatic carbocycles. The molecule has 26 heavy (non-hydrogen) atoms. The molecule has 1 aromatic rings. The van der Waals surface area contributed by atoms with Crippen molar-refractivity contribution in [1.29, 1.82) is 0 Å². The van der Waals surface area contributed by atoms with Gasteiger partial charge >= 0.3 is 0 Å². The lowest BCUT2D eigenvalue weighted by Gasteiger charge is -2.29. The molecule has 1 saturated heterocycles. The van der Waals surface area contributed by atoms with Crippen LogP contribution in [0, 0.1) is 5.92 Å². The minimum atomic E-state index is 0. The van der Waals surface area contributed by atoms with E-state index < -0.39 is 0 Å². The first-order valence-corrected chi connectivity index (χ1v) is 9.50. The molecule has 0 bridgehead atoms. The maximum absolute atomic E-state index is 5.89. The molecule has 1 fully saturated rings. The van der Waals surface area contributed by atoms with Crippen LogP contribution in [0.15, 0.2) is 29.3 Å². The summed E-state index contributed by atoms with van der Waals surface area (Å²) >= 11 is 5.89. The molecule has 7 heteroatoms. The number of guanidine groups is 1. The van der Waals surface area contributed by atoms with Gasteiger partial charge in [-0.15, -0.1) is 24.0 Å². The lowest BCUT2D eigenvalue weighted by molar-refractivity contribution is 0.212. The largest absolute Gasteiger partial charge is 0.489 e. The molecule has 0 spiro atoms. The molecule has 1 heterocycles. The quantitative estimate of drug-likeness (QED) is 0.345. The summed E-state index contributed by atoms with van der Waals surface area (Å²) in [5.41, 5.74) is 0. The van der Waals surface area contributed by atoms with E-state index in [1.807, 2.05) is 31.2 Å². The Balaban J connectivity index is 0.00000338. The fraction of sp³-hybridized carbons (Fsp3) is 0.632. The Hall–Kier alpha value is -0.730. The zero-order valence-corrected chi connectivity index (χ0v) is 19.1. The number of aliphatic imine (C=N–C) groups is 1. The Morgan fingerprint density at radius 2 is 1.92 bits per heavy atom. The van der Waals surface area contributed by atoms with Crippen LogP contribution in [0.2, 0.25) is 5.02 Å². The SMILES string of the molecule is CN=C(NCCC1CCN(C)CC1)NCC(C)Oc1ccc(Cl)cc1.I. The lowest BCUT2D eigenvalue weighted by Crippen LogP contribution is -2.42. The van der Waals surface area contributed by atoms with Crippen LogP contribution in [-0.4, -0.2) is 57.2 Å². The molecule has 148 valence electrons. The standard InChI is InChI=1S/C19H31ClN4O.HI/c1-15(25-18-6-4-17(20)5-7-18)14-23-19(21-2)22-11-8-16-9-12-24(3)13-10-16;/h4-7,15-16H,8-14H2,1-3H3,(H2,21,22,23);1H. The minimum Gasteiger partial charge on any atom is -0.489 e. The van der Waals surface area contributed by atoms with Crippen LogP contribution in [0.5, 0.6) is 5.75 Å². The number of halogens is 2. The molecule has 1 aliphatic rings. The molecule has 2 N–H and O–H groups in total. The first-order valence-electron chi connectivity index (χ1n) is 9.12. The average Bonchev–Trinajstić information content (AvgIpc) is 2.61. The van der Waals surface area contributed by atoms with Crippen LogP contribution >= 0.6 is 35.6 Å². The zero-order chi connectivity index (χ0) is 18.1. The molecule has 5 nitrogen and oxygen atoms in total. The normalized spacial score (nSPS) is 17.3. The Morgan fingerprint density at radius 3 is 2.54 bits per heavy atom. The second-order valence-corrected chi connectivity index (χ2v) is 7.23. The second-order valence-electron chi connectivity index (χ2n) is 6.80. The fourth-order valence-electron chi connectivity index (χ4n) is 2.99. The maximum atomic E-state index is 5.89. The van der Waals surface area contributed by atoms with Crippen LogP contribution in [0.3, 0.4) is 0 Å². The third-order valence-corrected chi connectivity index (χ3v) is 4.87. The molecule has 1 atom stereocenters. The van der Waals surface area contributed by atoms with Crippen molar-refractivity contribution in [3.8, 4) is 5.75 Å². The Labute approximate surface area is 179 Å². The van der Waals surface area contributed by atoms with Gasteiger partial charge in [-0.25, -0.2) is 0 Å². The topological polar surface area (TPSA) is 48.9 Å². The Morgan fingerprint density at radius 1 is 1.27 bits per heavy atom. The number of nitrogens with one attached hydrogen (secondary N) is 2. The van der Waals surface area contributed by atoms with Gasteiger partial charge in [-0.05, 0) is 76.5 Å². The van der Waals surface area contributed by atoms with E-state index in [1.165, 1.54) is 32.4 Å². The summed E-state index contributed by atoms with van der Waals surface area (Å²) in [4.78, 5) is 6.70. The van der Waals surface area contributed by atoms with Gasteiger partial charge in [-0.3, -0.25) is 4.99 Å². The van der Waals surface area contributed by atoms with E-state index in [9.17, 15) is 0 Å². The summed E-state index contributed by atoms with van der Waals surface area (Å²) in [6, 6.07) is 7.43. The smallest absolute Gasteiger partial charge is 0.191 e. The van der Waals surface area contributed by atoms with Crippen LogP contribution in [0.1, 0.15) is 26.2 Å². The Kier molecular flexibility index (Phi) is 11.3. The summed E-state index contributed by atoms with van der Waals surface area (Å²) < 4.78 is 5.87. The second kappa shape index (κ2) is 12.6. The van der Waals surface area contributed by atoms with E-state index >= 15 is 0 Å². The van der Waals surface area contributed by atoms with E-state index in [0.29, 0.717) is 11.6 Å². The van der Waals surface area contributed by atoms with Gasteiger partial charge < -0.3 is 20.3 Å². The van der Waals surface area contributed by atoms with E-state index in [1.54, 1.807) is 7.05 Å². The van der Waals surface area contributed by atoms with Gasteiger partial charge in [0.15, 0.2) is 5.96 Å². The molecular formula is C19H32ClIN4O. The molecule has 1 aliphatic heterocycles. The minimum absolute atomic E-state index is 0. The van der Waals surface area contributed by atoms with Crippen molar-refractivity contribution in [3.63, 3.8) is 0 Å². The van der Waals surface area contributed by atoms with Crippen molar-refractivity contribution < 1.29 is 4.74 Å². The summed E-state index contributed by atoms with van der Waals surface area (Å²) in [7, 11) is 4.00. The van der Waals surface area contributed by atoms with Crippen molar-refractivity contribution in [2.45, 2.75) is 32.3 Å². The van der Waals surface area contributed by atoms with Crippen molar-refractivity contribution in [1.82, 2.24) is 15.5 Å². The third-order valence-electron chi connectivity index (χ3n) is 4.61. The monoisotopic (exact) mass is 494 g/mol. The lowest BCUT2D eigenvalue weighted by atomic mass is 9.94. The Bertz CT molecular complexity index is 533. The number of ether oxygens (including phenoxy) is 1. The number of likely N-dealkylation sites (tertiary alicyclic amines) is 1. The molecule has 2 rings (SSSR count). The molecule has 0 amide bonds. The van der Waals surface area contributed by atoms with Gasteiger partial charge in [0.2, 0.25) is 0 Å². The van der Waals surface area contributed by atoms with Gasteiger partial charge in [0.05, 0.1) is 6.54 Å². The van der Waals surface area contributed by atoms with Gasteiger partial charge in [-0.2, -0.15) is 0 Å². The van der Waals surface area contributed by atoms with E-state index in [-0.39, 0.29) is 30.1 Å². The number of rotatable bonds is 7. The van der Waals surface area contributed by atoms with Gasteiger partial charge in [0.25, 0.3) is 0 Å². The summed E-state index contributed by atoms with van der Waals surface area (Å²) in [6.07, 6.45) is 3.84. The van der Waals surface area contributed by atoms with Crippen molar-refractivity contribution >= 4 is 41.5 Å². The van der Waals surface area contributed by atoms with Gasteiger partial charge in [0.1, 0.15) is 11.9 Å². The molecule has 1 unspecified atom stereocenters. The number of benzene rings is 1.